The number of carboxylic acids is 1. The molecule has 0 radical (unpaired) electrons. The maximum atomic E-state index is 12.4. The van der Waals surface area contributed by atoms with Crippen LogP contribution in [0.3, 0.4) is 0 Å². The zero-order valence-electron chi connectivity index (χ0n) is 11.5. The fourth-order valence-corrected chi connectivity index (χ4v) is 4.27. The number of rotatable bonds is 3. The molecule has 0 aromatic heterocycles. The molecule has 2 N–H and O–H groups in total. The van der Waals surface area contributed by atoms with Gasteiger partial charge < -0.3 is 10.2 Å². The molecule has 0 unspecified atom stereocenters. The highest BCUT2D eigenvalue weighted by Gasteiger charge is 2.44. The van der Waals surface area contributed by atoms with E-state index in [0.29, 0.717) is 11.1 Å². The molecule has 0 aliphatic carbocycles. The zero-order valence-corrected chi connectivity index (χ0v) is 12.4. The van der Waals surface area contributed by atoms with Crippen molar-refractivity contribution in [3.63, 3.8) is 0 Å². The molecule has 2 rings (SSSR count). The van der Waals surface area contributed by atoms with Crippen LogP contribution < -0.4 is 0 Å². The summed E-state index contributed by atoms with van der Waals surface area (Å²) in [4.78, 5) is 11.1. The molecule has 0 spiro atoms. The molecular weight excluding hydrogens is 282 g/mol. The van der Waals surface area contributed by atoms with Crippen molar-refractivity contribution >= 4 is 16.0 Å². The Morgan fingerprint density at radius 2 is 1.80 bits per heavy atom. The van der Waals surface area contributed by atoms with E-state index < -0.39 is 21.6 Å². The molecule has 1 aliphatic rings. The van der Waals surface area contributed by atoms with Crippen LogP contribution in [0.15, 0.2) is 17.0 Å². The molecule has 1 fully saturated rings. The molecule has 7 heteroatoms. The Hall–Kier alpha value is -1.44. The fourth-order valence-electron chi connectivity index (χ4n) is 2.36. The molecule has 6 nitrogen and oxygen atoms in total. The second kappa shape index (κ2) is 4.54. The number of aromatic carboxylic acids is 1. The Balaban J connectivity index is 2.47. The molecule has 0 saturated carbocycles. The molecular formula is C13H17NO5S. The number of carboxylic acid groups (broad SMARTS) is 1. The Labute approximate surface area is 117 Å². The first kappa shape index (κ1) is 15.0. The molecule has 1 saturated heterocycles. The molecule has 1 aliphatic heterocycles. The summed E-state index contributed by atoms with van der Waals surface area (Å²) in [6, 6.07) is 2.74. The SMILES string of the molecule is Cc1cc(C)c(S(=O)(=O)N2CC(C)(O)C2)cc1C(=O)O. The first-order chi connectivity index (χ1) is 9.04. The van der Waals surface area contributed by atoms with Crippen LogP contribution in [0.5, 0.6) is 0 Å². The smallest absolute Gasteiger partial charge is 0.335 e. The van der Waals surface area contributed by atoms with E-state index in [1.165, 1.54) is 6.07 Å². The van der Waals surface area contributed by atoms with Gasteiger partial charge in [0, 0.05) is 13.1 Å². The van der Waals surface area contributed by atoms with E-state index in [1.807, 2.05) is 0 Å². The third-order valence-corrected chi connectivity index (χ3v) is 5.34. The average Bonchev–Trinajstić information content (AvgIpc) is 2.24. The minimum Gasteiger partial charge on any atom is -0.478 e. The van der Waals surface area contributed by atoms with Crippen LogP contribution in [0.2, 0.25) is 0 Å². The molecule has 110 valence electrons. The summed E-state index contributed by atoms with van der Waals surface area (Å²) in [5, 5.41) is 18.7. The Bertz CT molecular complexity index is 670. The van der Waals surface area contributed by atoms with E-state index in [2.05, 4.69) is 0 Å². The Kier molecular flexibility index (Phi) is 3.40. The van der Waals surface area contributed by atoms with Crippen molar-refractivity contribution in [1.29, 1.82) is 0 Å². The van der Waals surface area contributed by atoms with Gasteiger partial charge in [0.2, 0.25) is 10.0 Å². The van der Waals surface area contributed by atoms with Crippen molar-refractivity contribution in [1.82, 2.24) is 4.31 Å². The normalized spacial score (nSPS) is 18.6. The van der Waals surface area contributed by atoms with Crippen molar-refractivity contribution in [2.75, 3.05) is 13.1 Å². The van der Waals surface area contributed by atoms with Gasteiger partial charge in [0.1, 0.15) is 0 Å². The first-order valence-electron chi connectivity index (χ1n) is 6.12. The highest BCUT2D eigenvalue weighted by molar-refractivity contribution is 7.89. The number of sulfonamides is 1. The van der Waals surface area contributed by atoms with Crippen molar-refractivity contribution in [3.05, 3.63) is 28.8 Å². The lowest BCUT2D eigenvalue weighted by atomic mass is 10.0. The molecule has 0 bridgehead atoms. The van der Waals surface area contributed by atoms with E-state index in [9.17, 15) is 18.3 Å². The number of nitrogens with zero attached hydrogens (tertiary/aromatic N) is 1. The van der Waals surface area contributed by atoms with Gasteiger partial charge in [-0.3, -0.25) is 0 Å². The summed E-state index contributed by atoms with van der Waals surface area (Å²) < 4.78 is 26.0. The van der Waals surface area contributed by atoms with Crippen LogP contribution >= 0.6 is 0 Å². The topological polar surface area (TPSA) is 94.9 Å². The number of benzene rings is 1. The van der Waals surface area contributed by atoms with Crippen LogP contribution in [0.1, 0.15) is 28.4 Å². The summed E-state index contributed by atoms with van der Waals surface area (Å²) in [6.07, 6.45) is 0. The summed E-state index contributed by atoms with van der Waals surface area (Å²) in [5.41, 5.74) is -0.0218. The van der Waals surface area contributed by atoms with Gasteiger partial charge in [-0.1, -0.05) is 6.07 Å². The number of hydrogen-bond acceptors (Lipinski definition) is 4. The Morgan fingerprint density at radius 3 is 2.25 bits per heavy atom. The highest BCUT2D eigenvalue weighted by atomic mass is 32.2. The van der Waals surface area contributed by atoms with Crippen molar-refractivity contribution in [3.8, 4) is 0 Å². The maximum absolute atomic E-state index is 12.4. The van der Waals surface area contributed by atoms with Gasteiger partial charge in [-0.25, -0.2) is 13.2 Å². The zero-order chi connectivity index (χ0) is 15.3. The largest absolute Gasteiger partial charge is 0.478 e. The van der Waals surface area contributed by atoms with Crippen molar-refractivity contribution in [2.24, 2.45) is 0 Å². The number of hydrogen-bond donors (Lipinski definition) is 2. The van der Waals surface area contributed by atoms with Crippen LogP contribution in [0, 0.1) is 13.8 Å². The second-order valence-corrected chi connectivity index (χ2v) is 7.41. The number of β-amino-alcohol motifs (C(OH)–C–C–N with tert-alkyl or cyclic N) is 1. The maximum Gasteiger partial charge on any atom is 0.335 e. The van der Waals surface area contributed by atoms with Gasteiger partial charge in [0.25, 0.3) is 0 Å². The minimum absolute atomic E-state index is 0.0176. The minimum atomic E-state index is -3.77. The predicted octanol–water partition coefficient (Wildman–Crippen LogP) is 0.757. The molecule has 0 atom stereocenters. The summed E-state index contributed by atoms with van der Waals surface area (Å²) in [7, 11) is -3.77. The fraction of sp³-hybridized carbons (Fsp3) is 0.462. The average molecular weight is 299 g/mol. The summed E-state index contributed by atoms with van der Waals surface area (Å²) >= 11 is 0. The first-order valence-corrected chi connectivity index (χ1v) is 7.56. The molecule has 20 heavy (non-hydrogen) atoms. The lowest BCUT2D eigenvalue weighted by molar-refractivity contribution is -0.0426. The third-order valence-electron chi connectivity index (χ3n) is 3.40. The summed E-state index contributed by atoms with van der Waals surface area (Å²) in [6.45, 7) is 4.85. The van der Waals surface area contributed by atoms with E-state index in [1.54, 1.807) is 26.8 Å². The lowest BCUT2D eigenvalue weighted by Gasteiger charge is -2.43. The van der Waals surface area contributed by atoms with Crippen LogP contribution in [0.25, 0.3) is 0 Å². The van der Waals surface area contributed by atoms with E-state index >= 15 is 0 Å². The second-order valence-electron chi connectivity index (χ2n) is 5.51. The van der Waals surface area contributed by atoms with Gasteiger partial charge in [0.15, 0.2) is 0 Å². The van der Waals surface area contributed by atoms with Crippen molar-refractivity contribution in [2.45, 2.75) is 31.3 Å². The van der Waals surface area contributed by atoms with Gasteiger partial charge >= 0.3 is 5.97 Å². The van der Waals surface area contributed by atoms with E-state index in [4.69, 9.17) is 5.11 Å². The lowest BCUT2D eigenvalue weighted by Crippen LogP contribution is -2.61. The van der Waals surface area contributed by atoms with Gasteiger partial charge in [-0.2, -0.15) is 4.31 Å². The predicted molar refractivity (Wildman–Crippen MR) is 72.3 cm³/mol. The van der Waals surface area contributed by atoms with Gasteiger partial charge in [-0.05, 0) is 38.0 Å². The molecule has 1 aromatic carbocycles. The van der Waals surface area contributed by atoms with Crippen LogP contribution in [0.4, 0.5) is 0 Å². The standard InChI is InChI=1S/C13H17NO5S/c1-8-4-9(2)11(5-10(8)12(15)16)20(18,19)14-6-13(3,17)7-14/h4-5,17H,6-7H2,1-3H3,(H,15,16). The third kappa shape index (κ3) is 2.44. The van der Waals surface area contributed by atoms with Crippen LogP contribution in [-0.4, -0.2) is 47.6 Å². The molecule has 1 aromatic rings. The molecule has 1 heterocycles. The summed E-state index contributed by atoms with van der Waals surface area (Å²) in [5.74, 6) is -1.16. The number of aliphatic hydroxyl groups is 1. The monoisotopic (exact) mass is 299 g/mol. The van der Waals surface area contributed by atoms with Crippen molar-refractivity contribution < 1.29 is 23.4 Å². The van der Waals surface area contributed by atoms with Gasteiger partial charge in [0.05, 0.1) is 16.1 Å². The highest BCUT2D eigenvalue weighted by Crippen LogP contribution is 2.30. The molecule has 0 amide bonds. The van der Waals surface area contributed by atoms with E-state index in [-0.39, 0.29) is 23.5 Å². The van der Waals surface area contributed by atoms with Crippen LogP contribution in [-0.2, 0) is 10.0 Å². The number of aryl methyl sites for hydroxylation is 2. The Morgan fingerprint density at radius 1 is 1.25 bits per heavy atom. The quantitative estimate of drug-likeness (QED) is 0.859. The van der Waals surface area contributed by atoms with E-state index in [0.717, 1.165) is 4.31 Å². The van der Waals surface area contributed by atoms with Gasteiger partial charge in [-0.15, -0.1) is 0 Å². The number of carbonyl (C=O) groups is 1.